The molecule has 66 heavy (non-hydrogen) atoms. The second-order valence-corrected chi connectivity index (χ2v) is 21.5. The molecule has 2 aromatic carbocycles. The summed E-state index contributed by atoms with van der Waals surface area (Å²) in [4.78, 5) is 58.6. The highest BCUT2D eigenvalue weighted by molar-refractivity contribution is 7.88. The summed E-state index contributed by atoms with van der Waals surface area (Å²) in [6.07, 6.45) is 4.14. The lowest BCUT2D eigenvalue weighted by molar-refractivity contribution is -0.144. The van der Waals surface area contributed by atoms with Crippen LogP contribution in [0.25, 0.3) is 0 Å². The predicted molar refractivity (Wildman–Crippen MR) is 254 cm³/mol. The van der Waals surface area contributed by atoms with Gasteiger partial charge in [-0.15, -0.1) is 0 Å². The fourth-order valence-corrected chi connectivity index (χ4v) is 10.0. The van der Waals surface area contributed by atoms with Crippen molar-refractivity contribution in [2.75, 3.05) is 79.1 Å². The van der Waals surface area contributed by atoms with Crippen molar-refractivity contribution in [2.24, 2.45) is 0 Å². The molecule has 18 nitrogen and oxygen atoms in total. The number of benzene rings is 2. The maximum atomic E-state index is 14.4. The third kappa shape index (κ3) is 16.3. The molecule has 0 unspecified atom stereocenters. The Labute approximate surface area is 393 Å². The van der Waals surface area contributed by atoms with Crippen LogP contribution in [0.3, 0.4) is 0 Å². The molecule has 2 heterocycles. The first-order valence-electron chi connectivity index (χ1n) is 23.0. The summed E-state index contributed by atoms with van der Waals surface area (Å²) in [5.41, 5.74) is 1.99. The Morgan fingerprint density at radius 3 is 1.29 bits per heavy atom. The molecule has 4 N–H and O–H groups in total. The van der Waals surface area contributed by atoms with Gasteiger partial charge in [-0.05, 0) is 91.4 Å². The number of likely N-dealkylation sites (N-methyl/N-ethyl adjacent to an activating group) is 2. The molecule has 0 aromatic heterocycles. The summed E-state index contributed by atoms with van der Waals surface area (Å²) in [6, 6.07) is 14.8. The number of nitrogens with one attached hydrogen (secondary N) is 4. The van der Waals surface area contributed by atoms with E-state index in [9.17, 15) is 36.0 Å². The highest BCUT2D eigenvalue weighted by Crippen LogP contribution is 2.24. The molecule has 370 valence electrons. The number of carbonyl (C=O) groups excluding carboxylic acids is 4. The Balaban J connectivity index is 1.44. The number of ether oxygens (including phenoxy) is 2. The van der Waals surface area contributed by atoms with Crippen LogP contribution in [0.4, 0.5) is 0 Å². The molecule has 0 spiro atoms. The Bertz CT molecular complexity index is 1940. The largest absolute Gasteiger partial charge is 0.373 e. The second kappa shape index (κ2) is 25.9. The van der Waals surface area contributed by atoms with Gasteiger partial charge < -0.3 is 40.5 Å². The fraction of sp³-hybridized carbons (Fsp3) is 0.652. The van der Waals surface area contributed by atoms with E-state index >= 15 is 0 Å². The number of rotatable bonds is 27. The molecule has 0 aliphatic carbocycles. The number of likely N-dealkylation sites (tertiary alicyclic amines) is 2. The van der Waals surface area contributed by atoms with E-state index in [0.717, 1.165) is 11.1 Å². The van der Waals surface area contributed by atoms with Gasteiger partial charge >= 0.3 is 0 Å². The van der Waals surface area contributed by atoms with Gasteiger partial charge in [0.05, 0.1) is 50.0 Å². The van der Waals surface area contributed by atoms with E-state index in [2.05, 4.69) is 21.3 Å². The molecular weight excluding hydrogens is 889 g/mol. The normalized spacial score (nSPS) is 19.6. The van der Waals surface area contributed by atoms with Crippen molar-refractivity contribution in [2.45, 2.75) is 115 Å². The summed E-state index contributed by atoms with van der Waals surface area (Å²) in [7, 11) is -3.96. The Kier molecular flexibility index (Phi) is 21.4. The summed E-state index contributed by atoms with van der Waals surface area (Å²) in [5, 5.41) is 11.5. The topological polar surface area (TPSA) is 216 Å². The van der Waals surface area contributed by atoms with Crippen molar-refractivity contribution in [3.8, 4) is 0 Å². The first-order valence-corrected chi connectivity index (χ1v) is 26.7. The summed E-state index contributed by atoms with van der Waals surface area (Å²) < 4.78 is 67.0. The number of hydrogen-bond donors (Lipinski definition) is 4. The Morgan fingerprint density at radius 2 is 0.970 bits per heavy atom. The molecule has 2 saturated heterocycles. The standard InChI is InChI=1S/C46H74N8O10S2/c1-33(47-5)43(55)49-41(45(57)53-25-15-21-39(53)31-51(65(7,59)60)27-23-37-17-11-9-12-18-37)35(3)63-29-30-64-36(4)42(50-44(56)34(2)48-6)46(58)54-26-16-22-40(54)32-52(66(8,61)62)28-24-38-19-13-10-14-20-38/h9-14,17-20,33-36,39-42,47-48H,15-16,21-32H2,1-8H3,(H,49,55)(H,50,56)/t33-,34-,35+,36+,39-,40-,41-,42-/m0/s1. The van der Waals surface area contributed by atoms with Gasteiger partial charge in [0.25, 0.3) is 0 Å². The maximum Gasteiger partial charge on any atom is 0.248 e. The van der Waals surface area contributed by atoms with Crippen molar-refractivity contribution in [1.82, 2.24) is 39.7 Å². The number of hydrogen-bond acceptors (Lipinski definition) is 12. The van der Waals surface area contributed by atoms with Crippen molar-refractivity contribution in [3.05, 3.63) is 71.8 Å². The lowest BCUT2D eigenvalue weighted by Gasteiger charge is -2.35. The first kappa shape index (κ1) is 54.6. The number of carbonyl (C=O) groups is 4. The monoisotopic (exact) mass is 962 g/mol. The zero-order chi connectivity index (χ0) is 48.6. The molecule has 0 saturated carbocycles. The lowest BCUT2D eigenvalue weighted by atomic mass is 10.1. The van der Waals surface area contributed by atoms with Crippen LogP contribution in [0.15, 0.2) is 60.7 Å². The summed E-state index contributed by atoms with van der Waals surface area (Å²) in [5.74, 6) is -1.63. The summed E-state index contributed by atoms with van der Waals surface area (Å²) in [6.45, 7) is 8.06. The van der Waals surface area contributed by atoms with Crippen molar-refractivity contribution in [3.63, 3.8) is 0 Å². The van der Waals surface area contributed by atoms with Crippen LogP contribution in [0.5, 0.6) is 0 Å². The number of amides is 4. The van der Waals surface area contributed by atoms with E-state index in [-0.39, 0.29) is 39.4 Å². The molecular formula is C46H74N8O10S2. The van der Waals surface area contributed by atoms with E-state index < -0.39 is 92.1 Å². The average Bonchev–Trinajstić information content (AvgIpc) is 3.97. The van der Waals surface area contributed by atoms with Crippen LogP contribution < -0.4 is 21.3 Å². The van der Waals surface area contributed by atoms with Crippen LogP contribution in [0, 0.1) is 0 Å². The van der Waals surface area contributed by atoms with E-state index in [0.29, 0.717) is 51.6 Å². The van der Waals surface area contributed by atoms with Gasteiger partial charge in [0.2, 0.25) is 43.7 Å². The average molecular weight is 963 g/mol. The molecule has 4 rings (SSSR count). The minimum atomic E-state index is -3.61. The Hall–Kier alpha value is -4.02. The molecule has 0 radical (unpaired) electrons. The molecule has 2 aliphatic heterocycles. The smallest absolute Gasteiger partial charge is 0.248 e. The third-order valence-electron chi connectivity index (χ3n) is 12.6. The highest BCUT2D eigenvalue weighted by atomic mass is 32.2. The van der Waals surface area contributed by atoms with Crippen molar-refractivity contribution >= 4 is 43.7 Å². The lowest BCUT2D eigenvalue weighted by Crippen LogP contribution is -2.59. The number of nitrogens with zero attached hydrogens (tertiary/aromatic N) is 4. The first-order chi connectivity index (χ1) is 31.2. The van der Waals surface area contributed by atoms with Crippen molar-refractivity contribution < 1.29 is 45.5 Å². The minimum Gasteiger partial charge on any atom is -0.373 e. The van der Waals surface area contributed by atoms with Crippen LogP contribution in [0.2, 0.25) is 0 Å². The van der Waals surface area contributed by atoms with Gasteiger partial charge in [0.1, 0.15) is 12.1 Å². The SMILES string of the molecule is CN[C@@H](C)C(=O)N[C@H](C(=O)N1CCC[C@H]1CN(CCc1ccccc1)S(C)(=O)=O)[C@@H](C)OCCO[C@H](C)[C@H](NC(=O)[C@H](C)NC)C(=O)N1CCC[C@H]1CN(CCc1ccccc1)S(C)(=O)=O. The number of sulfonamides is 2. The second-order valence-electron chi connectivity index (χ2n) is 17.5. The summed E-state index contributed by atoms with van der Waals surface area (Å²) >= 11 is 0. The predicted octanol–water partition coefficient (Wildman–Crippen LogP) is 0.973. The van der Waals surface area contributed by atoms with Gasteiger partial charge in [0.15, 0.2) is 0 Å². The third-order valence-corrected chi connectivity index (χ3v) is 15.2. The van der Waals surface area contributed by atoms with Crippen molar-refractivity contribution in [1.29, 1.82) is 0 Å². The van der Waals surface area contributed by atoms with Crippen LogP contribution in [-0.2, 0) is 61.5 Å². The molecule has 2 aliphatic rings. The molecule has 8 atom stereocenters. The quantitative estimate of drug-likeness (QED) is 0.0923. The van der Waals surface area contributed by atoms with E-state index in [4.69, 9.17) is 9.47 Å². The van der Waals surface area contributed by atoms with E-state index in [1.807, 2.05) is 60.7 Å². The fourth-order valence-electron chi connectivity index (χ4n) is 8.28. The maximum absolute atomic E-state index is 14.4. The van der Waals surface area contributed by atoms with Gasteiger partial charge in [-0.3, -0.25) is 19.2 Å². The molecule has 0 bridgehead atoms. The molecule has 2 fully saturated rings. The van der Waals surface area contributed by atoms with E-state index in [1.165, 1.54) is 21.1 Å². The zero-order valence-corrected chi connectivity index (χ0v) is 41.6. The van der Waals surface area contributed by atoms with Crippen LogP contribution in [0.1, 0.15) is 64.5 Å². The minimum absolute atomic E-state index is 0.0453. The van der Waals surface area contributed by atoms with Gasteiger partial charge in [-0.25, -0.2) is 16.8 Å². The molecule has 20 heteroatoms. The highest BCUT2D eigenvalue weighted by Gasteiger charge is 2.41. The van der Waals surface area contributed by atoms with E-state index in [1.54, 1.807) is 51.6 Å². The van der Waals surface area contributed by atoms with Crippen LogP contribution in [-0.4, -0.2) is 186 Å². The molecule has 4 amide bonds. The van der Waals surface area contributed by atoms with Crippen LogP contribution >= 0.6 is 0 Å². The Morgan fingerprint density at radius 1 is 0.621 bits per heavy atom. The zero-order valence-electron chi connectivity index (χ0n) is 40.0. The molecule has 2 aromatic rings. The van der Waals surface area contributed by atoms with Gasteiger partial charge in [-0.1, -0.05) is 60.7 Å². The van der Waals surface area contributed by atoms with Gasteiger partial charge in [-0.2, -0.15) is 8.61 Å². The van der Waals surface area contributed by atoms with Gasteiger partial charge in [0, 0.05) is 51.4 Å².